The number of esters is 2. The lowest BCUT2D eigenvalue weighted by Crippen LogP contribution is -2.06. The lowest BCUT2D eigenvalue weighted by molar-refractivity contribution is 0.0582. The molecule has 0 amide bonds. The van der Waals surface area contributed by atoms with Crippen LogP contribution in [0.3, 0.4) is 0 Å². The molecule has 0 spiro atoms. The van der Waals surface area contributed by atoms with Crippen LogP contribution in [0.15, 0.2) is 21.6 Å². The van der Waals surface area contributed by atoms with Crippen LogP contribution in [0.2, 0.25) is 0 Å². The number of rotatable bonds is 3. The van der Waals surface area contributed by atoms with Gasteiger partial charge in [-0.25, -0.2) is 19.6 Å². The van der Waals surface area contributed by atoms with Crippen LogP contribution in [0.25, 0.3) is 11.5 Å². The summed E-state index contributed by atoms with van der Waals surface area (Å²) in [5.41, 5.74) is -0.223. The van der Waals surface area contributed by atoms with Gasteiger partial charge in [-0.3, -0.25) is 0 Å². The van der Waals surface area contributed by atoms with Crippen LogP contribution in [0.4, 0.5) is 0 Å². The molecule has 0 fully saturated rings. The number of methoxy groups -OCH3 is 2. The van der Waals surface area contributed by atoms with Crippen molar-refractivity contribution in [2.45, 2.75) is 0 Å². The molecule has 0 aromatic carbocycles. The lowest BCUT2D eigenvalue weighted by Gasteiger charge is -1.98. The van der Waals surface area contributed by atoms with E-state index >= 15 is 0 Å². The molecule has 18 heavy (non-hydrogen) atoms. The van der Waals surface area contributed by atoms with Crippen LogP contribution >= 0.6 is 0 Å². The van der Waals surface area contributed by atoms with Crippen molar-refractivity contribution in [1.29, 1.82) is 0 Å². The molecule has 0 unspecified atom stereocenters. The van der Waals surface area contributed by atoms with Crippen molar-refractivity contribution >= 4 is 11.9 Å². The first-order chi connectivity index (χ1) is 8.69. The fourth-order valence-electron chi connectivity index (χ4n) is 1.30. The third-order valence-electron chi connectivity index (χ3n) is 2.10. The molecule has 0 aliphatic heterocycles. The molecular weight excluding hydrogens is 244 g/mol. The van der Waals surface area contributed by atoms with Gasteiger partial charge >= 0.3 is 11.9 Å². The predicted octanol–water partition coefficient (Wildman–Crippen LogP) is 0.903. The van der Waals surface area contributed by atoms with E-state index in [-0.39, 0.29) is 22.9 Å². The third-order valence-corrected chi connectivity index (χ3v) is 2.10. The normalized spacial score (nSPS) is 10.1. The molecule has 2 aromatic rings. The summed E-state index contributed by atoms with van der Waals surface area (Å²) in [6.45, 7) is 0. The van der Waals surface area contributed by atoms with Crippen LogP contribution in [-0.4, -0.2) is 36.1 Å². The molecule has 0 atom stereocenters. The SMILES string of the molecule is COC(=O)c1ncoc1-c1ocnc1C(=O)OC. The molecule has 0 aliphatic carbocycles. The molecule has 0 aliphatic rings. The Hall–Kier alpha value is -2.64. The Morgan fingerprint density at radius 2 is 1.33 bits per heavy atom. The molecule has 2 rings (SSSR count). The van der Waals surface area contributed by atoms with E-state index in [0.717, 1.165) is 12.8 Å². The number of hydrogen-bond donors (Lipinski definition) is 0. The zero-order valence-electron chi connectivity index (χ0n) is 9.50. The smallest absolute Gasteiger partial charge is 0.360 e. The summed E-state index contributed by atoms with van der Waals surface area (Å²) in [6, 6.07) is 0. The minimum atomic E-state index is -0.717. The highest BCUT2D eigenvalue weighted by molar-refractivity contribution is 5.98. The molecule has 2 heterocycles. The number of carbonyl (C=O) groups is 2. The second-order valence-corrected chi connectivity index (χ2v) is 3.04. The van der Waals surface area contributed by atoms with Crippen molar-refractivity contribution in [3.63, 3.8) is 0 Å². The standard InChI is InChI=1S/C10H8N2O6/c1-15-9(13)5-7(17-3-11-5)8-6(10(14)16-2)12-4-18-8/h3-4H,1-2H3. The predicted molar refractivity (Wildman–Crippen MR) is 54.7 cm³/mol. The molecule has 0 bridgehead atoms. The zero-order valence-corrected chi connectivity index (χ0v) is 9.50. The summed E-state index contributed by atoms with van der Waals surface area (Å²) in [6.07, 6.45) is 2.07. The van der Waals surface area contributed by atoms with Gasteiger partial charge in [0, 0.05) is 0 Å². The molecule has 0 N–H and O–H groups in total. The number of ether oxygens (including phenoxy) is 2. The van der Waals surface area contributed by atoms with Crippen LogP contribution in [0.5, 0.6) is 0 Å². The van der Waals surface area contributed by atoms with Crippen molar-refractivity contribution in [3.8, 4) is 11.5 Å². The zero-order chi connectivity index (χ0) is 13.1. The first kappa shape index (κ1) is 11.8. The monoisotopic (exact) mass is 252 g/mol. The van der Waals surface area contributed by atoms with Crippen molar-refractivity contribution in [3.05, 3.63) is 24.2 Å². The average Bonchev–Trinajstić information content (AvgIpc) is 3.04. The van der Waals surface area contributed by atoms with Crippen molar-refractivity contribution < 1.29 is 27.9 Å². The molecular formula is C10H8N2O6. The maximum atomic E-state index is 11.4. The minimum Gasteiger partial charge on any atom is -0.464 e. The number of nitrogens with zero attached hydrogens (tertiary/aromatic N) is 2. The van der Waals surface area contributed by atoms with Gasteiger partial charge in [0.05, 0.1) is 14.2 Å². The van der Waals surface area contributed by atoms with E-state index in [0.29, 0.717) is 0 Å². The number of oxazole rings is 2. The van der Waals surface area contributed by atoms with Crippen LogP contribution < -0.4 is 0 Å². The molecule has 0 saturated heterocycles. The molecule has 8 nitrogen and oxygen atoms in total. The van der Waals surface area contributed by atoms with E-state index in [1.807, 2.05) is 0 Å². The van der Waals surface area contributed by atoms with Crippen molar-refractivity contribution in [1.82, 2.24) is 9.97 Å². The lowest BCUT2D eigenvalue weighted by atomic mass is 10.2. The van der Waals surface area contributed by atoms with Gasteiger partial charge in [-0.05, 0) is 0 Å². The van der Waals surface area contributed by atoms with E-state index in [9.17, 15) is 9.59 Å². The quantitative estimate of drug-likeness (QED) is 0.742. The van der Waals surface area contributed by atoms with Crippen molar-refractivity contribution in [2.24, 2.45) is 0 Å². The van der Waals surface area contributed by atoms with Gasteiger partial charge in [0.2, 0.25) is 11.5 Å². The van der Waals surface area contributed by atoms with Gasteiger partial charge < -0.3 is 18.3 Å². The van der Waals surface area contributed by atoms with Crippen LogP contribution in [0, 0.1) is 0 Å². The van der Waals surface area contributed by atoms with E-state index in [1.54, 1.807) is 0 Å². The maximum Gasteiger partial charge on any atom is 0.360 e. The largest absolute Gasteiger partial charge is 0.464 e. The van der Waals surface area contributed by atoms with E-state index in [1.165, 1.54) is 14.2 Å². The number of carbonyl (C=O) groups excluding carboxylic acids is 2. The molecule has 2 aromatic heterocycles. The number of aromatic nitrogens is 2. The summed E-state index contributed by atoms with van der Waals surface area (Å²) in [7, 11) is 2.39. The Bertz CT molecular complexity index is 532. The summed E-state index contributed by atoms with van der Waals surface area (Å²) < 4.78 is 19.1. The maximum absolute atomic E-state index is 11.4. The van der Waals surface area contributed by atoms with E-state index < -0.39 is 11.9 Å². The molecule has 94 valence electrons. The first-order valence-corrected chi connectivity index (χ1v) is 4.73. The summed E-state index contributed by atoms with van der Waals surface area (Å²) in [5, 5.41) is 0. The highest BCUT2D eigenvalue weighted by atomic mass is 16.5. The summed E-state index contributed by atoms with van der Waals surface area (Å²) in [4.78, 5) is 30.2. The van der Waals surface area contributed by atoms with Gasteiger partial charge in [0.15, 0.2) is 24.2 Å². The Morgan fingerprint density at radius 3 is 1.67 bits per heavy atom. The van der Waals surface area contributed by atoms with Gasteiger partial charge in [-0.15, -0.1) is 0 Å². The molecule has 8 heteroatoms. The second kappa shape index (κ2) is 4.70. The second-order valence-electron chi connectivity index (χ2n) is 3.04. The highest BCUT2D eigenvalue weighted by Crippen LogP contribution is 2.27. The third kappa shape index (κ3) is 1.83. The first-order valence-electron chi connectivity index (χ1n) is 4.73. The van der Waals surface area contributed by atoms with E-state index in [2.05, 4.69) is 19.4 Å². The van der Waals surface area contributed by atoms with Crippen LogP contribution in [-0.2, 0) is 9.47 Å². The Labute approximate surface area is 101 Å². The highest BCUT2D eigenvalue weighted by Gasteiger charge is 2.27. The molecule has 0 saturated carbocycles. The minimum absolute atomic E-state index is 0.0419. The Morgan fingerprint density at radius 1 is 0.944 bits per heavy atom. The fraction of sp³-hybridized carbons (Fsp3) is 0.200. The van der Waals surface area contributed by atoms with Gasteiger partial charge in [-0.1, -0.05) is 0 Å². The Balaban J connectivity index is 2.50. The van der Waals surface area contributed by atoms with E-state index in [4.69, 9.17) is 8.83 Å². The number of hydrogen-bond acceptors (Lipinski definition) is 8. The fourth-order valence-corrected chi connectivity index (χ4v) is 1.30. The van der Waals surface area contributed by atoms with Gasteiger partial charge in [0.1, 0.15) is 0 Å². The van der Waals surface area contributed by atoms with Crippen molar-refractivity contribution in [2.75, 3.05) is 14.2 Å². The van der Waals surface area contributed by atoms with Crippen LogP contribution in [0.1, 0.15) is 21.0 Å². The van der Waals surface area contributed by atoms with Gasteiger partial charge in [-0.2, -0.15) is 0 Å². The summed E-state index contributed by atoms with van der Waals surface area (Å²) in [5.74, 6) is -1.52. The summed E-state index contributed by atoms with van der Waals surface area (Å²) >= 11 is 0. The Kier molecular flexibility index (Phi) is 3.09. The topological polar surface area (TPSA) is 105 Å². The molecule has 0 radical (unpaired) electrons. The average molecular weight is 252 g/mol. The van der Waals surface area contributed by atoms with Gasteiger partial charge in [0.25, 0.3) is 0 Å².